The van der Waals surface area contributed by atoms with E-state index in [1.165, 1.54) is 5.56 Å². The second-order valence-electron chi connectivity index (χ2n) is 6.42. The zero-order valence-corrected chi connectivity index (χ0v) is 14.8. The third-order valence-electron chi connectivity index (χ3n) is 4.24. The lowest BCUT2D eigenvalue weighted by Crippen LogP contribution is -1.92. The molecule has 0 aliphatic rings. The Morgan fingerprint density at radius 3 is 2.23 bits per heavy atom. The van der Waals surface area contributed by atoms with Crippen LogP contribution < -0.4 is 5.32 Å². The quantitative estimate of drug-likeness (QED) is 0.516. The summed E-state index contributed by atoms with van der Waals surface area (Å²) in [7, 11) is 0. The van der Waals surface area contributed by atoms with E-state index in [0.717, 1.165) is 39.7 Å². The van der Waals surface area contributed by atoms with Gasteiger partial charge in [-0.05, 0) is 44.2 Å². The Labute approximate surface area is 153 Å². The van der Waals surface area contributed by atoms with Crippen LogP contribution >= 0.6 is 0 Å². The summed E-state index contributed by atoms with van der Waals surface area (Å²) in [5.41, 5.74) is 7.38. The van der Waals surface area contributed by atoms with E-state index in [4.69, 9.17) is 0 Å². The van der Waals surface area contributed by atoms with Crippen molar-refractivity contribution in [2.75, 3.05) is 5.32 Å². The molecule has 2 aromatic carbocycles. The average molecular weight is 340 g/mol. The molecule has 0 saturated heterocycles. The molecule has 2 aromatic heterocycles. The van der Waals surface area contributed by atoms with Gasteiger partial charge < -0.3 is 10.3 Å². The monoisotopic (exact) mass is 340 g/mol. The number of hydrogen-bond acceptors (Lipinski definition) is 3. The van der Waals surface area contributed by atoms with Gasteiger partial charge in [0.2, 0.25) is 0 Å². The number of rotatable bonds is 4. The zero-order valence-electron chi connectivity index (χ0n) is 14.8. The molecular weight excluding hydrogens is 320 g/mol. The van der Waals surface area contributed by atoms with Crippen molar-refractivity contribution >= 4 is 11.4 Å². The average Bonchev–Trinajstić information content (AvgIpc) is 3.11. The van der Waals surface area contributed by atoms with E-state index in [1.807, 2.05) is 37.5 Å². The number of pyridine rings is 1. The standard InChI is InChI=1S/C22H20N4/c1-15-6-8-19(9-7-15)26-20-10-11-21(23-14-20)17-4-3-5-18(12-17)22-24-13-16(2)25-22/h3-14,26H,1-2H3,(H,24,25). The number of nitrogens with zero attached hydrogens (tertiary/aromatic N) is 2. The van der Waals surface area contributed by atoms with Gasteiger partial charge in [-0.2, -0.15) is 0 Å². The van der Waals surface area contributed by atoms with Crippen LogP contribution in [0, 0.1) is 13.8 Å². The number of benzene rings is 2. The van der Waals surface area contributed by atoms with Crippen LogP contribution in [0.25, 0.3) is 22.6 Å². The summed E-state index contributed by atoms with van der Waals surface area (Å²) in [6, 6.07) is 20.6. The SMILES string of the molecule is Cc1ccc(Nc2ccc(-c3cccc(-c4ncc(C)[nH]4)c3)nc2)cc1. The van der Waals surface area contributed by atoms with Gasteiger partial charge in [-0.25, -0.2) is 4.98 Å². The van der Waals surface area contributed by atoms with Crippen LogP contribution in [0.4, 0.5) is 11.4 Å². The first kappa shape index (κ1) is 16.1. The molecule has 0 fully saturated rings. The molecule has 0 saturated carbocycles. The lowest BCUT2D eigenvalue weighted by Gasteiger charge is -2.08. The highest BCUT2D eigenvalue weighted by Gasteiger charge is 2.05. The molecule has 26 heavy (non-hydrogen) atoms. The minimum atomic E-state index is 0.877. The van der Waals surface area contributed by atoms with Gasteiger partial charge >= 0.3 is 0 Å². The van der Waals surface area contributed by atoms with Gasteiger partial charge in [0.05, 0.1) is 17.6 Å². The van der Waals surface area contributed by atoms with Crippen molar-refractivity contribution in [2.24, 2.45) is 0 Å². The topological polar surface area (TPSA) is 53.6 Å². The molecule has 128 valence electrons. The van der Waals surface area contributed by atoms with Gasteiger partial charge in [-0.15, -0.1) is 0 Å². The Hall–Kier alpha value is -3.40. The Bertz CT molecular complexity index is 1010. The van der Waals surface area contributed by atoms with Crippen molar-refractivity contribution in [2.45, 2.75) is 13.8 Å². The lowest BCUT2D eigenvalue weighted by atomic mass is 10.1. The summed E-state index contributed by atoms with van der Waals surface area (Å²) >= 11 is 0. The second-order valence-corrected chi connectivity index (χ2v) is 6.42. The second kappa shape index (κ2) is 6.84. The molecule has 2 heterocycles. The smallest absolute Gasteiger partial charge is 0.137 e. The van der Waals surface area contributed by atoms with Crippen LogP contribution in [0.5, 0.6) is 0 Å². The fourth-order valence-corrected chi connectivity index (χ4v) is 2.83. The predicted octanol–water partition coefficient (Wildman–Crippen LogP) is 5.50. The molecule has 4 aromatic rings. The van der Waals surface area contributed by atoms with Crippen LogP contribution in [0.3, 0.4) is 0 Å². The number of imidazole rings is 1. The Kier molecular flexibility index (Phi) is 4.23. The summed E-state index contributed by atoms with van der Waals surface area (Å²) in [5.74, 6) is 0.877. The molecule has 0 amide bonds. The van der Waals surface area contributed by atoms with Gasteiger partial charge in [-0.1, -0.05) is 35.9 Å². The van der Waals surface area contributed by atoms with E-state index in [-0.39, 0.29) is 0 Å². The van der Waals surface area contributed by atoms with Crippen molar-refractivity contribution in [3.63, 3.8) is 0 Å². The number of aromatic amines is 1. The molecular formula is C22H20N4. The normalized spacial score (nSPS) is 10.7. The molecule has 0 aliphatic carbocycles. The number of aryl methyl sites for hydroxylation is 2. The minimum absolute atomic E-state index is 0.877. The van der Waals surface area contributed by atoms with Gasteiger partial charge in [0.15, 0.2) is 0 Å². The first-order valence-electron chi connectivity index (χ1n) is 8.59. The van der Waals surface area contributed by atoms with Crippen LogP contribution in [0.2, 0.25) is 0 Å². The minimum Gasteiger partial charge on any atom is -0.354 e. The molecule has 4 heteroatoms. The fourth-order valence-electron chi connectivity index (χ4n) is 2.83. The highest BCUT2D eigenvalue weighted by atomic mass is 14.9. The van der Waals surface area contributed by atoms with E-state index >= 15 is 0 Å². The highest BCUT2D eigenvalue weighted by Crippen LogP contribution is 2.25. The summed E-state index contributed by atoms with van der Waals surface area (Å²) in [6.07, 6.45) is 3.70. The van der Waals surface area contributed by atoms with E-state index in [0.29, 0.717) is 0 Å². The maximum atomic E-state index is 4.61. The first-order valence-corrected chi connectivity index (χ1v) is 8.59. The molecule has 0 bridgehead atoms. The fraction of sp³-hybridized carbons (Fsp3) is 0.0909. The maximum Gasteiger partial charge on any atom is 0.137 e. The van der Waals surface area contributed by atoms with E-state index in [9.17, 15) is 0 Å². The van der Waals surface area contributed by atoms with Crippen molar-refractivity contribution in [3.05, 3.63) is 84.3 Å². The predicted molar refractivity (Wildman–Crippen MR) is 106 cm³/mol. The van der Waals surface area contributed by atoms with Gasteiger partial charge in [0, 0.05) is 28.7 Å². The van der Waals surface area contributed by atoms with Crippen molar-refractivity contribution in [1.29, 1.82) is 0 Å². The largest absolute Gasteiger partial charge is 0.354 e. The lowest BCUT2D eigenvalue weighted by molar-refractivity contribution is 1.25. The summed E-state index contributed by atoms with van der Waals surface area (Å²) in [6.45, 7) is 4.08. The van der Waals surface area contributed by atoms with E-state index in [1.54, 1.807) is 0 Å². The summed E-state index contributed by atoms with van der Waals surface area (Å²) < 4.78 is 0. The van der Waals surface area contributed by atoms with Crippen LogP contribution in [-0.4, -0.2) is 15.0 Å². The van der Waals surface area contributed by atoms with E-state index in [2.05, 4.69) is 69.7 Å². The van der Waals surface area contributed by atoms with Gasteiger partial charge in [-0.3, -0.25) is 4.98 Å². The number of aromatic nitrogens is 3. The third kappa shape index (κ3) is 3.49. The van der Waals surface area contributed by atoms with E-state index < -0.39 is 0 Å². The molecule has 0 aliphatic heterocycles. The van der Waals surface area contributed by atoms with Crippen molar-refractivity contribution < 1.29 is 0 Å². The molecule has 4 nitrogen and oxygen atoms in total. The first-order chi connectivity index (χ1) is 12.7. The number of hydrogen-bond donors (Lipinski definition) is 2. The van der Waals surface area contributed by atoms with Crippen molar-refractivity contribution in [1.82, 2.24) is 15.0 Å². The Morgan fingerprint density at radius 1 is 0.769 bits per heavy atom. The van der Waals surface area contributed by atoms with Crippen LogP contribution in [-0.2, 0) is 0 Å². The summed E-state index contributed by atoms with van der Waals surface area (Å²) in [5, 5.41) is 3.37. The number of anilines is 2. The van der Waals surface area contributed by atoms with Crippen LogP contribution in [0.1, 0.15) is 11.3 Å². The van der Waals surface area contributed by atoms with Crippen molar-refractivity contribution in [3.8, 4) is 22.6 Å². The third-order valence-corrected chi connectivity index (χ3v) is 4.24. The Balaban J connectivity index is 1.56. The molecule has 0 spiro atoms. The molecule has 4 rings (SSSR count). The summed E-state index contributed by atoms with van der Waals surface area (Å²) in [4.78, 5) is 12.3. The number of H-pyrrole nitrogens is 1. The van der Waals surface area contributed by atoms with Gasteiger partial charge in [0.1, 0.15) is 5.82 Å². The molecule has 0 unspecified atom stereocenters. The highest BCUT2D eigenvalue weighted by molar-refractivity contribution is 5.69. The maximum absolute atomic E-state index is 4.61. The molecule has 0 radical (unpaired) electrons. The number of nitrogens with one attached hydrogen (secondary N) is 2. The van der Waals surface area contributed by atoms with Crippen LogP contribution in [0.15, 0.2) is 73.1 Å². The molecule has 2 N–H and O–H groups in total. The zero-order chi connectivity index (χ0) is 17.9. The Morgan fingerprint density at radius 2 is 1.54 bits per heavy atom. The van der Waals surface area contributed by atoms with Gasteiger partial charge in [0.25, 0.3) is 0 Å². The molecule has 0 atom stereocenters.